The van der Waals surface area contributed by atoms with Crippen LogP contribution in [-0.4, -0.2) is 33.8 Å². The van der Waals surface area contributed by atoms with Gasteiger partial charge < -0.3 is 5.32 Å². The van der Waals surface area contributed by atoms with Crippen molar-refractivity contribution in [2.75, 3.05) is 25.4 Å². The van der Waals surface area contributed by atoms with Gasteiger partial charge in [-0.1, -0.05) is 0 Å². The molecule has 1 fully saturated rings. The third kappa shape index (κ3) is 5.11. The first kappa shape index (κ1) is 12.4. The fraction of sp³-hybridized carbons (Fsp3) is 0.889. The number of hydrogen-bond donors (Lipinski definition) is 2. The lowest BCUT2D eigenvalue weighted by atomic mass is 9.96. The molecule has 1 unspecified atom stereocenters. The van der Waals surface area contributed by atoms with Crippen molar-refractivity contribution >= 4 is 10.0 Å². The Morgan fingerprint density at radius 3 is 2.93 bits per heavy atom. The number of nitrogens with zero attached hydrogens (tertiary/aromatic N) is 1. The molecule has 0 aromatic carbocycles. The Kier molecular flexibility index (Phi) is 5.02. The van der Waals surface area contributed by atoms with Crippen LogP contribution >= 0.6 is 0 Å². The number of nitriles is 1. The molecular formula is C9H17N3O2S. The minimum atomic E-state index is -3.36. The van der Waals surface area contributed by atoms with Crippen LogP contribution in [0.25, 0.3) is 0 Å². The summed E-state index contributed by atoms with van der Waals surface area (Å²) in [7, 11) is -3.36. The second kappa shape index (κ2) is 6.05. The number of nitrogens with one attached hydrogen (secondary N) is 2. The van der Waals surface area contributed by atoms with Crippen LogP contribution in [-0.2, 0) is 10.0 Å². The summed E-state index contributed by atoms with van der Waals surface area (Å²) in [6.45, 7) is 2.48. The normalized spacial score (nSPS) is 22.2. The van der Waals surface area contributed by atoms with Gasteiger partial charge in [-0.25, -0.2) is 13.1 Å². The summed E-state index contributed by atoms with van der Waals surface area (Å²) in [6, 6.07) is 1.63. The highest BCUT2D eigenvalue weighted by Crippen LogP contribution is 2.12. The molecule has 0 aliphatic carbocycles. The Hall–Kier alpha value is -0.640. The lowest BCUT2D eigenvalue weighted by Gasteiger charge is -2.22. The van der Waals surface area contributed by atoms with Crippen molar-refractivity contribution in [2.45, 2.75) is 19.3 Å². The summed E-state index contributed by atoms with van der Waals surface area (Å²) < 4.78 is 24.7. The van der Waals surface area contributed by atoms with Crippen molar-refractivity contribution in [2.24, 2.45) is 5.92 Å². The molecule has 1 aliphatic heterocycles. The second-order valence-electron chi connectivity index (χ2n) is 3.81. The molecule has 15 heavy (non-hydrogen) atoms. The van der Waals surface area contributed by atoms with E-state index in [1.54, 1.807) is 6.07 Å². The quantitative estimate of drug-likeness (QED) is 0.687. The van der Waals surface area contributed by atoms with E-state index in [0.29, 0.717) is 12.5 Å². The standard InChI is InChI=1S/C9H17N3O2S/c10-4-7-15(13,14)12-6-3-9-2-1-5-11-8-9/h9,11-12H,1-3,5-8H2. The maximum absolute atomic E-state index is 11.1. The Morgan fingerprint density at radius 2 is 2.33 bits per heavy atom. The fourth-order valence-electron chi connectivity index (χ4n) is 1.72. The highest BCUT2D eigenvalue weighted by Gasteiger charge is 2.14. The van der Waals surface area contributed by atoms with Gasteiger partial charge in [-0.2, -0.15) is 5.26 Å². The molecule has 0 bridgehead atoms. The molecule has 1 atom stereocenters. The summed E-state index contributed by atoms with van der Waals surface area (Å²) in [5.74, 6) is 0.110. The number of sulfonamides is 1. The van der Waals surface area contributed by atoms with E-state index in [1.165, 1.54) is 0 Å². The average Bonchev–Trinajstić information content (AvgIpc) is 2.19. The lowest BCUT2D eigenvalue weighted by Crippen LogP contribution is -2.33. The monoisotopic (exact) mass is 231 g/mol. The molecule has 1 aliphatic rings. The first-order valence-corrected chi connectivity index (χ1v) is 6.84. The van der Waals surface area contributed by atoms with Crippen molar-refractivity contribution in [1.29, 1.82) is 5.26 Å². The summed E-state index contributed by atoms with van der Waals surface area (Å²) in [6.07, 6.45) is 3.17. The van der Waals surface area contributed by atoms with Crippen LogP contribution in [0.1, 0.15) is 19.3 Å². The molecule has 0 aromatic rings. The topological polar surface area (TPSA) is 82.0 Å². The van der Waals surface area contributed by atoms with Gasteiger partial charge >= 0.3 is 0 Å². The molecule has 0 aromatic heterocycles. The van der Waals surface area contributed by atoms with E-state index in [-0.39, 0.29) is 0 Å². The Morgan fingerprint density at radius 1 is 1.53 bits per heavy atom. The van der Waals surface area contributed by atoms with Gasteiger partial charge in [0.25, 0.3) is 0 Å². The zero-order valence-corrected chi connectivity index (χ0v) is 9.52. The molecule has 2 N–H and O–H groups in total. The van der Waals surface area contributed by atoms with Crippen LogP contribution < -0.4 is 10.0 Å². The SMILES string of the molecule is N#CCS(=O)(=O)NCCC1CCCNC1. The largest absolute Gasteiger partial charge is 0.316 e. The van der Waals surface area contributed by atoms with Crippen molar-refractivity contribution < 1.29 is 8.42 Å². The van der Waals surface area contributed by atoms with E-state index in [9.17, 15) is 8.42 Å². The van der Waals surface area contributed by atoms with Gasteiger partial charge in [-0.3, -0.25) is 0 Å². The first-order chi connectivity index (χ1) is 7.14. The molecule has 1 heterocycles. The molecular weight excluding hydrogens is 214 g/mol. The van der Waals surface area contributed by atoms with Gasteiger partial charge in [0.15, 0.2) is 5.75 Å². The van der Waals surface area contributed by atoms with Crippen molar-refractivity contribution in [3.63, 3.8) is 0 Å². The van der Waals surface area contributed by atoms with Crippen LogP contribution in [0.2, 0.25) is 0 Å². The molecule has 86 valence electrons. The maximum Gasteiger partial charge on any atom is 0.225 e. The molecule has 5 nitrogen and oxygen atoms in total. The predicted molar refractivity (Wildman–Crippen MR) is 57.6 cm³/mol. The Bertz CT molecular complexity index is 315. The smallest absolute Gasteiger partial charge is 0.225 e. The molecule has 1 saturated heterocycles. The third-order valence-corrected chi connectivity index (χ3v) is 3.68. The van der Waals surface area contributed by atoms with Crippen LogP contribution in [0.4, 0.5) is 0 Å². The minimum absolute atomic E-state index is 0.441. The summed E-state index contributed by atoms with van der Waals surface area (Å²) in [5.41, 5.74) is 0. The highest BCUT2D eigenvalue weighted by atomic mass is 32.2. The summed E-state index contributed by atoms with van der Waals surface area (Å²) in [5, 5.41) is 11.5. The fourth-order valence-corrected chi connectivity index (χ4v) is 2.43. The number of piperidine rings is 1. The molecule has 0 amide bonds. The lowest BCUT2D eigenvalue weighted by molar-refractivity contribution is 0.358. The van der Waals surface area contributed by atoms with Crippen molar-refractivity contribution in [3.8, 4) is 6.07 Å². The van der Waals surface area contributed by atoms with E-state index in [2.05, 4.69) is 10.0 Å². The van der Waals surface area contributed by atoms with Gasteiger partial charge in [-0.15, -0.1) is 0 Å². The second-order valence-corrected chi connectivity index (χ2v) is 5.62. The minimum Gasteiger partial charge on any atom is -0.316 e. The van der Waals surface area contributed by atoms with E-state index >= 15 is 0 Å². The molecule has 0 spiro atoms. The number of hydrogen-bond acceptors (Lipinski definition) is 4. The summed E-state index contributed by atoms with van der Waals surface area (Å²) >= 11 is 0. The molecule has 0 radical (unpaired) electrons. The predicted octanol–water partition coefficient (Wildman–Crippen LogP) is -0.181. The zero-order valence-electron chi connectivity index (χ0n) is 8.70. The Labute approximate surface area is 90.9 Å². The van der Waals surface area contributed by atoms with E-state index in [0.717, 1.165) is 32.4 Å². The molecule has 6 heteroatoms. The first-order valence-electron chi connectivity index (χ1n) is 5.19. The maximum atomic E-state index is 11.1. The Balaban J connectivity index is 2.18. The highest BCUT2D eigenvalue weighted by molar-refractivity contribution is 7.89. The van der Waals surface area contributed by atoms with Crippen LogP contribution in [0.15, 0.2) is 0 Å². The third-order valence-electron chi connectivity index (χ3n) is 2.53. The summed E-state index contributed by atoms with van der Waals surface area (Å²) in [4.78, 5) is 0. The zero-order chi connectivity index (χ0) is 11.1. The average molecular weight is 231 g/mol. The van der Waals surface area contributed by atoms with E-state index < -0.39 is 15.8 Å². The van der Waals surface area contributed by atoms with Gasteiger partial charge in [0.2, 0.25) is 10.0 Å². The van der Waals surface area contributed by atoms with Gasteiger partial charge in [0.1, 0.15) is 0 Å². The molecule has 1 rings (SSSR count). The van der Waals surface area contributed by atoms with Crippen LogP contribution in [0.3, 0.4) is 0 Å². The van der Waals surface area contributed by atoms with Gasteiger partial charge in [0.05, 0.1) is 6.07 Å². The number of rotatable bonds is 5. The van der Waals surface area contributed by atoms with Gasteiger partial charge in [0, 0.05) is 6.54 Å². The van der Waals surface area contributed by atoms with Crippen LogP contribution in [0.5, 0.6) is 0 Å². The van der Waals surface area contributed by atoms with Gasteiger partial charge in [-0.05, 0) is 38.3 Å². The van der Waals surface area contributed by atoms with E-state index in [1.807, 2.05) is 0 Å². The molecule has 0 saturated carbocycles. The van der Waals surface area contributed by atoms with Crippen molar-refractivity contribution in [3.05, 3.63) is 0 Å². The van der Waals surface area contributed by atoms with E-state index in [4.69, 9.17) is 5.26 Å². The van der Waals surface area contributed by atoms with Crippen molar-refractivity contribution in [1.82, 2.24) is 10.0 Å². The van der Waals surface area contributed by atoms with Crippen LogP contribution in [0, 0.1) is 17.2 Å².